The Morgan fingerprint density at radius 3 is 2.78 bits per heavy atom. The van der Waals surface area contributed by atoms with Crippen molar-refractivity contribution >= 4 is 33.9 Å². The predicted molar refractivity (Wildman–Crippen MR) is 105 cm³/mol. The molecule has 0 aliphatic heterocycles. The molecule has 1 aliphatic carbocycles. The number of thiazole rings is 1. The Kier molecular flexibility index (Phi) is 4.81. The van der Waals surface area contributed by atoms with Gasteiger partial charge in [-0.15, -0.1) is 11.3 Å². The van der Waals surface area contributed by atoms with Crippen LogP contribution in [0.2, 0.25) is 0 Å². The van der Waals surface area contributed by atoms with Crippen LogP contribution in [-0.2, 0) is 11.2 Å². The van der Waals surface area contributed by atoms with E-state index >= 15 is 0 Å². The van der Waals surface area contributed by atoms with Gasteiger partial charge in [0.1, 0.15) is 0 Å². The molecule has 0 spiro atoms. The van der Waals surface area contributed by atoms with Crippen molar-refractivity contribution in [2.45, 2.75) is 38.3 Å². The lowest BCUT2D eigenvalue weighted by Crippen LogP contribution is -2.31. The van der Waals surface area contributed by atoms with E-state index in [0.717, 1.165) is 29.1 Å². The lowest BCUT2D eigenvalue weighted by molar-refractivity contribution is -0.120. The fourth-order valence-corrected chi connectivity index (χ4v) is 3.50. The highest BCUT2D eigenvalue weighted by atomic mass is 32.1. The molecule has 27 heavy (non-hydrogen) atoms. The van der Waals surface area contributed by atoms with E-state index in [1.54, 1.807) is 23.5 Å². The highest BCUT2D eigenvalue weighted by Gasteiger charge is 2.23. The number of carbonyl (C=O) groups is 2. The SMILES string of the molecule is C[C@@H](NC(=O)Nc1ccc(CC(=O)NC2CC2)cc1)c1cn2ccsc2n1. The minimum atomic E-state index is -0.293. The van der Waals surface area contributed by atoms with Gasteiger partial charge in [0.25, 0.3) is 0 Å². The Balaban J connectivity index is 1.29. The van der Waals surface area contributed by atoms with Crippen LogP contribution in [0.5, 0.6) is 0 Å². The molecule has 1 aliphatic rings. The number of hydrogen-bond acceptors (Lipinski definition) is 4. The maximum Gasteiger partial charge on any atom is 0.319 e. The smallest absolute Gasteiger partial charge is 0.319 e. The van der Waals surface area contributed by atoms with Gasteiger partial charge in [-0.05, 0) is 37.5 Å². The topological polar surface area (TPSA) is 87.5 Å². The zero-order valence-electron chi connectivity index (χ0n) is 14.9. The van der Waals surface area contributed by atoms with Crippen LogP contribution in [0.25, 0.3) is 4.96 Å². The number of carbonyl (C=O) groups excluding carboxylic acids is 2. The fraction of sp³-hybridized carbons (Fsp3) is 0.316. The molecule has 1 fully saturated rings. The number of aromatic nitrogens is 2. The first-order valence-electron chi connectivity index (χ1n) is 8.95. The van der Waals surface area contributed by atoms with E-state index < -0.39 is 0 Å². The number of anilines is 1. The second-order valence-corrected chi connectivity index (χ2v) is 7.67. The summed E-state index contributed by atoms with van der Waals surface area (Å²) in [6.07, 6.45) is 6.38. The number of hydrogen-bond donors (Lipinski definition) is 3. The second-order valence-electron chi connectivity index (χ2n) is 6.79. The van der Waals surface area contributed by atoms with E-state index in [1.807, 2.05) is 41.2 Å². The van der Waals surface area contributed by atoms with Crippen molar-refractivity contribution in [3.05, 3.63) is 53.3 Å². The van der Waals surface area contributed by atoms with E-state index in [1.165, 1.54) is 0 Å². The molecular weight excluding hydrogens is 362 g/mol. The number of rotatable bonds is 6. The molecule has 0 saturated heterocycles. The van der Waals surface area contributed by atoms with Crippen LogP contribution in [0.15, 0.2) is 42.0 Å². The molecule has 3 aromatic rings. The van der Waals surface area contributed by atoms with Gasteiger partial charge in [-0.3, -0.25) is 9.20 Å². The van der Waals surface area contributed by atoms with E-state index in [9.17, 15) is 9.59 Å². The van der Waals surface area contributed by atoms with E-state index in [2.05, 4.69) is 20.9 Å². The van der Waals surface area contributed by atoms with Crippen molar-refractivity contribution in [1.29, 1.82) is 0 Å². The van der Waals surface area contributed by atoms with Crippen LogP contribution in [-0.4, -0.2) is 27.4 Å². The number of nitrogens with zero attached hydrogens (tertiary/aromatic N) is 2. The molecular formula is C19H21N5O2S. The van der Waals surface area contributed by atoms with Crippen molar-refractivity contribution < 1.29 is 9.59 Å². The first-order chi connectivity index (χ1) is 13.1. The van der Waals surface area contributed by atoms with Crippen molar-refractivity contribution in [3.63, 3.8) is 0 Å². The number of nitrogens with one attached hydrogen (secondary N) is 3. The predicted octanol–water partition coefficient (Wildman–Crippen LogP) is 3.10. The van der Waals surface area contributed by atoms with Crippen molar-refractivity contribution in [1.82, 2.24) is 20.0 Å². The Labute approximate surface area is 160 Å². The quantitative estimate of drug-likeness (QED) is 0.611. The van der Waals surface area contributed by atoms with Gasteiger partial charge < -0.3 is 16.0 Å². The highest BCUT2D eigenvalue weighted by Crippen LogP contribution is 2.19. The molecule has 2 heterocycles. The highest BCUT2D eigenvalue weighted by molar-refractivity contribution is 7.15. The summed E-state index contributed by atoms with van der Waals surface area (Å²) in [5, 5.41) is 10.6. The standard InChI is InChI=1S/C19H21N5O2S/c1-12(16-11-24-8-9-27-19(24)23-16)20-18(26)22-15-4-2-13(3-5-15)10-17(25)21-14-6-7-14/h2-5,8-9,11-12,14H,6-7,10H2,1H3,(H,21,25)(H2,20,22,26)/t12-/m1/s1. The molecule has 1 atom stereocenters. The zero-order valence-corrected chi connectivity index (χ0v) is 15.8. The van der Waals surface area contributed by atoms with Gasteiger partial charge in [-0.25, -0.2) is 9.78 Å². The monoisotopic (exact) mass is 383 g/mol. The molecule has 8 heteroatoms. The summed E-state index contributed by atoms with van der Waals surface area (Å²) in [6.45, 7) is 1.90. The average molecular weight is 383 g/mol. The third-order valence-corrected chi connectivity index (χ3v) is 5.19. The maximum absolute atomic E-state index is 12.2. The molecule has 2 aromatic heterocycles. The molecule has 3 amide bonds. The number of imidazole rings is 1. The van der Waals surface area contributed by atoms with Crippen LogP contribution >= 0.6 is 11.3 Å². The second kappa shape index (κ2) is 7.40. The Hall–Kier alpha value is -2.87. The fourth-order valence-electron chi connectivity index (χ4n) is 2.79. The lowest BCUT2D eigenvalue weighted by Gasteiger charge is -2.13. The summed E-state index contributed by atoms with van der Waals surface area (Å²) in [5.74, 6) is 0.0461. The van der Waals surface area contributed by atoms with E-state index in [0.29, 0.717) is 18.2 Å². The van der Waals surface area contributed by atoms with Gasteiger partial charge in [0.2, 0.25) is 5.91 Å². The summed E-state index contributed by atoms with van der Waals surface area (Å²) in [5.41, 5.74) is 2.41. The molecule has 140 valence electrons. The zero-order chi connectivity index (χ0) is 18.8. The summed E-state index contributed by atoms with van der Waals surface area (Å²) >= 11 is 1.55. The minimum Gasteiger partial charge on any atom is -0.353 e. The normalized spacial score (nSPS) is 14.7. The Morgan fingerprint density at radius 1 is 1.30 bits per heavy atom. The first-order valence-corrected chi connectivity index (χ1v) is 9.83. The van der Waals surface area contributed by atoms with Crippen LogP contribution in [0, 0.1) is 0 Å². The van der Waals surface area contributed by atoms with Crippen LogP contribution in [0.3, 0.4) is 0 Å². The molecule has 1 saturated carbocycles. The number of fused-ring (bicyclic) bond motifs is 1. The lowest BCUT2D eigenvalue weighted by atomic mass is 10.1. The minimum absolute atomic E-state index is 0.0461. The van der Waals surface area contributed by atoms with Crippen LogP contribution in [0.4, 0.5) is 10.5 Å². The Morgan fingerprint density at radius 2 is 2.07 bits per heavy atom. The summed E-state index contributed by atoms with van der Waals surface area (Å²) < 4.78 is 1.94. The molecule has 1 aromatic carbocycles. The van der Waals surface area contributed by atoms with Gasteiger partial charge in [-0.1, -0.05) is 12.1 Å². The molecule has 7 nitrogen and oxygen atoms in total. The molecule has 0 unspecified atom stereocenters. The average Bonchev–Trinajstić information content (AvgIpc) is 3.16. The summed E-state index contributed by atoms with van der Waals surface area (Å²) in [6, 6.07) is 7.19. The van der Waals surface area contributed by atoms with Crippen molar-refractivity contribution in [2.24, 2.45) is 0 Å². The molecule has 3 N–H and O–H groups in total. The van der Waals surface area contributed by atoms with E-state index in [-0.39, 0.29) is 18.0 Å². The summed E-state index contributed by atoms with van der Waals surface area (Å²) in [4.78, 5) is 29.5. The molecule has 4 rings (SSSR count). The van der Waals surface area contributed by atoms with E-state index in [4.69, 9.17) is 0 Å². The van der Waals surface area contributed by atoms with Gasteiger partial charge in [0.15, 0.2) is 4.96 Å². The first kappa shape index (κ1) is 17.5. The van der Waals surface area contributed by atoms with Gasteiger partial charge >= 0.3 is 6.03 Å². The third-order valence-electron chi connectivity index (χ3n) is 4.42. The Bertz CT molecular complexity index is 930. The van der Waals surface area contributed by atoms with Gasteiger partial charge in [0, 0.05) is 29.5 Å². The number of benzene rings is 1. The maximum atomic E-state index is 12.2. The molecule has 0 radical (unpaired) electrons. The van der Waals surface area contributed by atoms with Crippen molar-refractivity contribution in [3.8, 4) is 0 Å². The van der Waals surface area contributed by atoms with Crippen molar-refractivity contribution in [2.75, 3.05) is 5.32 Å². The van der Waals surface area contributed by atoms with Crippen LogP contribution < -0.4 is 16.0 Å². The third kappa shape index (κ3) is 4.46. The van der Waals surface area contributed by atoms with Gasteiger partial charge in [0.05, 0.1) is 18.2 Å². The van der Waals surface area contributed by atoms with Gasteiger partial charge in [-0.2, -0.15) is 0 Å². The largest absolute Gasteiger partial charge is 0.353 e. The molecule has 0 bridgehead atoms. The number of amides is 3. The van der Waals surface area contributed by atoms with Crippen LogP contribution in [0.1, 0.15) is 37.1 Å². The summed E-state index contributed by atoms with van der Waals surface area (Å²) in [7, 11) is 0. The number of urea groups is 1.